The Bertz CT molecular complexity index is 1790. The maximum absolute atomic E-state index is 12.7. The fraction of sp³-hybridized carbons (Fsp3) is 0.294. The van der Waals surface area contributed by atoms with Crippen LogP contribution in [0.3, 0.4) is 0 Å². The van der Waals surface area contributed by atoms with E-state index in [-0.39, 0.29) is 24.0 Å². The third-order valence-electron chi connectivity index (χ3n) is 7.99. The van der Waals surface area contributed by atoms with E-state index < -0.39 is 12.1 Å². The van der Waals surface area contributed by atoms with Gasteiger partial charge in [-0.3, -0.25) is 14.9 Å². The van der Waals surface area contributed by atoms with Crippen molar-refractivity contribution in [1.29, 1.82) is 0 Å². The molecule has 0 aliphatic carbocycles. The number of aldehydes is 1. The summed E-state index contributed by atoms with van der Waals surface area (Å²) in [6.45, 7) is 5.13. The molecule has 0 saturated carbocycles. The van der Waals surface area contributed by atoms with Crippen molar-refractivity contribution in [2.45, 2.75) is 45.2 Å². The van der Waals surface area contributed by atoms with Gasteiger partial charge >= 0.3 is 6.09 Å². The van der Waals surface area contributed by atoms with Crippen molar-refractivity contribution in [3.63, 3.8) is 0 Å². The predicted molar refractivity (Wildman–Crippen MR) is 177 cm³/mol. The average molecular weight is 606 g/mol. The first-order valence-corrected chi connectivity index (χ1v) is 14.9. The number of carbonyl (C=O) groups excluding carboxylic acids is 3. The number of hydrogen-bond acceptors (Lipinski definition) is 7. The molecule has 2 amide bonds. The number of anilines is 3. The maximum atomic E-state index is 12.7. The Morgan fingerprint density at radius 2 is 1.91 bits per heavy atom. The second kappa shape index (κ2) is 13.8. The van der Waals surface area contributed by atoms with E-state index in [9.17, 15) is 19.2 Å². The minimum Gasteiger partial charge on any atom is -0.449 e. The number of amides is 2. The number of aryl methyl sites for hydroxylation is 1. The quantitative estimate of drug-likeness (QED) is 0.159. The molecule has 45 heavy (non-hydrogen) atoms. The normalized spacial score (nSPS) is 14.4. The number of pyridine rings is 1. The van der Waals surface area contributed by atoms with Crippen LogP contribution in [0.25, 0.3) is 10.8 Å². The van der Waals surface area contributed by atoms with Gasteiger partial charge in [-0.15, -0.1) is 0 Å². The fourth-order valence-corrected chi connectivity index (χ4v) is 5.76. The van der Waals surface area contributed by atoms with E-state index in [4.69, 9.17) is 12.7 Å². The molecule has 1 aliphatic rings. The molecule has 3 aromatic carbocycles. The van der Waals surface area contributed by atoms with Crippen molar-refractivity contribution in [2.24, 2.45) is 0 Å². The summed E-state index contributed by atoms with van der Waals surface area (Å²) in [5.41, 5.74) is 5.35. The van der Waals surface area contributed by atoms with E-state index in [0.29, 0.717) is 36.3 Å². The van der Waals surface area contributed by atoms with Crippen molar-refractivity contribution in [1.82, 2.24) is 9.79 Å². The van der Waals surface area contributed by atoms with Crippen LogP contribution in [0.4, 0.5) is 21.9 Å². The molecule has 11 heteroatoms. The van der Waals surface area contributed by atoms with Gasteiger partial charge in [0.1, 0.15) is 12.3 Å². The van der Waals surface area contributed by atoms with Crippen molar-refractivity contribution in [3.05, 3.63) is 99.5 Å². The second-order valence-electron chi connectivity index (χ2n) is 11.5. The summed E-state index contributed by atoms with van der Waals surface area (Å²) in [5.74, 6) is -0.0290. The van der Waals surface area contributed by atoms with Crippen molar-refractivity contribution < 1.29 is 19.1 Å². The Kier molecular flexibility index (Phi) is 9.68. The van der Waals surface area contributed by atoms with Crippen molar-refractivity contribution >= 4 is 54.1 Å². The van der Waals surface area contributed by atoms with Gasteiger partial charge in [0.25, 0.3) is 5.56 Å². The van der Waals surface area contributed by atoms with Crippen LogP contribution in [0.15, 0.2) is 71.7 Å². The number of aromatic nitrogens is 1. The zero-order valence-corrected chi connectivity index (χ0v) is 25.6. The third-order valence-corrected chi connectivity index (χ3v) is 7.99. The van der Waals surface area contributed by atoms with Crippen molar-refractivity contribution in [2.75, 3.05) is 35.7 Å². The topological polar surface area (TPSA) is 124 Å². The van der Waals surface area contributed by atoms with Gasteiger partial charge in [-0.25, -0.2) is 4.79 Å². The largest absolute Gasteiger partial charge is 0.449 e. The summed E-state index contributed by atoms with van der Waals surface area (Å²) in [4.78, 5) is 55.2. The lowest BCUT2D eigenvalue weighted by Crippen LogP contribution is -2.26. The van der Waals surface area contributed by atoms with Gasteiger partial charge in [0.15, 0.2) is 7.98 Å². The van der Waals surface area contributed by atoms with E-state index in [1.54, 1.807) is 30.3 Å². The van der Waals surface area contributed by atoms with E-state index in [1.807, 2.05) is 62.4 Å². The lowest BCUT2D eigenvalue weighted by molar-refractivity contribution is -0.117. The summed E-state index contributed by atoms with van der Waals surface area (Å²) in [7, 11) is 7.64. The first-order chi connectivity index (χ1) is 21.6. The molecule has 10 nitrogen and oxygen atoms in total. The predicted octanol–water partition coefficient (Wildman–Crippen LogP) is 5.18. The number of nitrogens with one attached hydrogen (secondary N) is 3. The lowest BCUT2D eigenvalue weighted by atomic mass is 9.93. The Morgan fingerprint density at radius 3 is 2.62 bits per heavy atom. The van der Waals surface area contributed by atoms with Crippen LogP contribution in [0.5, 0.6) is 0 Å². The molecule has 0 bridgehead atoms. The molecule has 1 saturated heterocycles. The minimum absolute atomic E-state index is 0.0778. The van der Waals surface area contributed by atoms with E-state index >= 15 is 0 Å². The highest BCUT2D eigenvalue weighted by molar-refractivity contribution is 6.04. The zero-order valence-electron chi connectivity index (χ0n) is 25.6. The number of fused-ring (bicyclic) bond motifs is 1. The molecule has 2 atom stereocenters. The maximum Gasteiger partial charge on any atom is 0.411 e. The molecule has 5 rings (SSSR count). The van der Waals surface area contributed by atoms with Gasteiger partial charge in [-0.2, -0.15) is 0 Å². The molecule has 2 heterocycles. The Labute approximate surface area is 263 Å². The lowest BCUT2D eigenvalue weighted by Gasteiger charge is -2.23. The van der Waals surface area contributed by atoms with Crippen LogP contribution < -0.4 is 21.1 Å². The van der Waals surface area contributed by atoms with Gasteiger partial charge in [0, 0.05) is 54.1 Å². The zero-order chi connectivity index (χ0) is 32.1. The highest BCUT2D eigenvalue weighted by atomic mass is 16.5. The molecular weight excluding hydrogens is 569 g/mol. The summed E-state index contributed by atoms with van der Waals surface area (Å²) >= 11 is 0. The molecule has 2 radical (unpaired) electrons. The Morgan fingerprint density at radius 1 is 1.11 bits per heavy atom. The number of nitrogens with zero attached hydrogens (tertiary/aromatic N) is 2. The van der Waals surface area contributed by atoms with Crippen LogP contribution in [0.1, 0.15) is 54.0 Å². The number of aromatic amines is 1. The minimum atomic E-state index is -0.616. The van der Waals surface area contributed by atoms with Gasteiger partial charge in [0.05, 0.1) is 6.61 Å². The third kappa shape index (κ3) is 7.43. The van der Waals surface area contributed by atoms with E-state index in [2.05, 4.69) is 15.6 Å². The number of ether oxygens (including phenoxy) is 1. The highest BCUT2D eigenvalue weighted by Crippen LogP contribution is 2.30. The molecule has 4 aromatic rings. The fourth-order valence-electron chi connectivity index (χ4n) is 5.76. The van der Waals surface area contributed by atoms with E-state index in [0.717, 1.165) is 46.0 Å². The SMILES string of the molecule is [B]N(C)Cc1cc(NC(=O)OC[C@H](C)c2ccc(C(C=O)Nc3ccc4cc[nH]c(=O)c4c3)cc2C)ccc1N1CCCC1=O. The molecule has 230 valence electrons. The average Bonchev–Trinajstić information content (AvgIpc) is 3.44. The van der Waals surface area contributed by atoms with Gasteiger partial charge in [-0.1, -0.05) is 31.2 Å². The summed E-state index contributed by atoms with van der Waals surface area (Å²) in [6, 6.07) is 17.8. The number of H-pyrrole nitrogens is 1. The highest BCUT2D eigenvalue weighted by Gasteiger charge is 2.24. The van der Waals surface area contributed by atoms with Gasteiger partial charge < -0.3 is 29.5 Å². The first kappa shape index (κ1) is 31.5. The smallest absolute Gasteiger partial charge is 0.411 e. The molecular formula is C34H36BN5O5. The summed E-state index contributed by atoms with van der Waals surface area (Å²) in [6.07, 6.45) is 3.18. The number of benzene rings is 3. The number of rotatable bonds is 11. The molecule has 0 spiro atoms. The molecule has 3 N–H and O–H groups in total. The van der Waals surface area contributed by atoms with Gasteiger partial charge in [0.2, 0.25) is 5.91 Å². The molecule has 1 aromatic heterocycles. The standard InChI is InChI=1S/C34H36BN5O5/c1-21-15-24(30(19-41)37-27-8-6-23-12-13-36-33(43)29(23)17-27)7-10-28(21)22(2)20-45-34(44)38-26-9-11-31(25(16-26)18-39(3)35)40-14-4-5-32(40)42/h6-13,15-17,19,22,30,37H,4-5,14,18,20H2,1-3H3,(H,36,43)(H,38,44)/t22-,30?/m0/s1. The monoisotopic (exact) mass is 605 g/mol. The molecule has 1 unspecified atom stereocenters. The Hall–Kier alpha value is -4.90. The Balaban J connectivity index is 1.21. The molecule has 1 aliphatic heterocycles. The van der Waals surface area contributed by atoms with Crippen LogP contribution in [-0.2, 0) is 20.9 Å². The number of carbonyl (C=O) groups is 3. The first-order valence-electron chi connectivity index (χ1n) is 14.9. The summed E-state index contributed by atoms with van der Waals surface area (Å²) < 4.78 is 5.56. The summed E-state index contributed by atoms with van der Waals surface area (Å²) in [5, 5.41) is 7.35. The van der Waals surface area contributed by atoms with E-state index in [1.165, 1.54) is 4.81 Å². The van der Waals surface area contributed by atoms with Crippen LogP contribution in [0, 0.1) is 6.92 Å². The number of hydrogen-bond donors (Lipinski definition) is 3. The van der Waals surface area contributed by atoms with Crippen molar-refractivity contribution in [3.8, 4) is 0 Å². The second-order valence-corrected chi connectivity index (χ2v) is 11.5. The van der Waals surface area contributed by atoms with Crippen LogP contribution in [0.2, 0.25) is 0 Å². The molecule has 1 fully saturated rings. The van der Waals surface area contributed by atoms with Crippen LogP contribution >= 0.6 is 0 Å². The van der Waals surface area contributed by atoms with Gasteiger partial charge in [-0.05, 0) is 84.4 Å². The van der Waals surface area contributed by atoms with Crippen LogP contribution in [-0.4, -0.2) is 56.3 Å².